The summed E-state index contributed by atoms with van der Waals surface area (Å²) in [6, 6.07) is 5.05. The number of hydrogen-bond donors (Lipinski definition) is 2. The standard InChI is InChI=1S/C19H26N2O7/c1-19(2,3)28-18(24)20-8-7-17(23)27-12-16(22)21-13-5-6-14-15(11-13)26-10-4-9-25-14/h5-6,11H,4,7-10,12H2,1-3H3,(H,20,24)(H,21,22). The van der Waals surface area contributed by atoms with Crippen molar-refractivity contribution in [1.82, 2.24) is 5.32 Å². The lowest BCUT2D eigenvalue weighted by molar-refractivity contribution is -0.147. The van der Waals surface area contributed by atoms with Gasteiger partial charge in [-0.05, 0) is 32.9 Å². The maximum absolute atomic E-state index is 11.9. The van der Waals surface area contributed by atoms with E-state index in [2.05, 4.69) is 10.6 Å². The Bertz CT molecular complexity index is 713. The molecule has 2 N–H and O–H groups in total. The molecule has 0 atom stereocenters. The zero-order valence-electron chi connectivity index (χ0n) is 16.3. The van der Waals surface area contributed by atoms with Crippen LogP contribution in [-0.4, -0.2) is 49.9 Å². The Morgan fingerprint density at radius 2 is 1.82 bits per heavy atom. The number of fused-ring (bicyclic) bond motifs is 1. The first-order valence-corrected chi connectivity index (χ1v) is 9.05. The first kappa shape index (κ1) is 21.3. The molecule has 0 aliphatic carbocycles. The summed E-state index contributed by atoms with van der Waals surface area (Å²) < 4.78 is 21.0. The van der Waals surface area contributed by atoms with E-state index in [0.717, 1.165) is 6.42 Å². The number of hydrogen-bond acceptors (Lipinski definition) is 7. The summed E-state index contributed by atoms with van der Waals surface area (Å²) in [4.78, 5) is 35.1. The molecule has 1 aromatic rings. The van der Waals surface area contributed by atoms with E-state index >= 15 is 0 Å². The van der Waals surface area contributed by atoms with Gasteiger partial charge in [0.05, 0.1) is 19.6 Å². The molecule has 0 saturated heterocycles. The van der Waals surface area contributed by atoms with Gasteiger partial charge in [0, 0.05) is 24.7 Å². The van der Waals surface area contributed by atoms with Gasteiger partial charge in [0.2, 0.25) is 0 Å². The van der Waals surface area contributed by atoms with Crippen LogP contribution in [0.3, 0.4) is 0 Å². The maximum Gasteiger partial charge on any atom is 0.407 e. The average Bonchev–Trinajstić information content (AvgIpc) is 2.83. The summed E-state index contributed by atoms with van der Waals surface area (Å²) in [6.45, 7) is 5.96. The average molecular weight is 394 g/mol. The zero-order valence-corrected chi connectivity index (χ0v) is 16.3. The molecule has 1 heterocycles. The molecule has 2 rings (SSSR count). The number of alkyl carbamates (subject to hydrolysis) is 1. The van der Waals surface area contributed by atoms with Crippen LogP contribution in [0.15, 0.2) is 18.2 Å². The third-order valence-electron chi connectivity index (χ3n) is 3.39. The molecule has 9 heteroatoms. The van der Waals surface area contributed by atoms with Gasteiger partial charge in [-0.3, -0.25) is 9.59 Å². The van der Waals surface area contributed by atoms with Crippen molar-refractivity contribution in [2.75, 3.05) is 31.7 Å². The molecule has 0 fully saturated rings. The number of rotatable bonds is 6. The summed E-state index contributed by atoms with van der Waals surface area (Å²) in [5.74, 6) is 0.0905. The number of nitrogens with one attached hydrogen (secondary N) is 2. The normalized spacial score (nSPS) is 13.1. The summed E-state index contributed by atoms with van der Waals surface area (Å²) >= 11 is 0. The van der Waals surface area contributed by atoms with Crippen LogP contribution in [-0.2, 0) is 19.1 Å². The lowest BCUT2D eigenvalue weighted by Crippen LogP contribution is -2.34. The van der Waals surface area contributed by atoms with Crippen LogP contribution in [0.2, 0.25) is 0 Å². The topological polar surface area (TPSA) is 112 Å². The maximum atomic E-state index is 11.9. The van der Waals surface area contributed by atoms with Crippen molar-refractivity contribution >= 4 is 23.7 Å². The van der Waals surface area contributed by atoms with Gasteiger partial charge in [0.15, 0.2) is 18.1 Å². The van der Waals surface area contributed by atoms with E-state index in [9.17, 15) is 14.4 Å². The van der Waals surface area contributed by atoms with E-state index in [-0.39, 0.29) is 13.0 Å². The number of carbonyl (C=O) groups excluding carboxylic acids is 3. The second-order valence-corrected chi connectivity index (χ2v) is 7.10. The predicted octanol–water partition coefficient (Wildman–Crippen LogP) is 2.24. The van der Waals surface area contributed by atoms with Gasteiger partial charge < -0.3 is 29.6 Å². The summed E-state index contributed by atoms with van der Waals surface area (Å²) in [6.07, 6.45) is 0.0958. The van der Waals surface area contributed by atoms with Gasteiger partial charge in [-0.2, -0.15) is 0 Å². The molecule has 1 aliphatic heterocycles. The SMILES string of the molecule is CC(C)(C)OC(=O)NCCC(=O)OCC(=O)Nc1ccc2c(c1)OCCCO2. The van der Waals surface area contributed by atoms with E-state index < -0.39 is 30.2 Å². The zero-order chi connectivity index (χ0) is 20.6. The molecule has 0 saturated carbocycles. The van der Waals surface area contributed by atoms with Gasteiger partial charge in [-0.15, -0.1) is 0 Å². The lowest BCUT2D eigenvalue weighted by atomic mass is 10.2. The molecule has 0 radical (unpaired) electrons. The molecule has 28 heavy (non-hydrogen) atoms. The number of amides is 2. The van der Waals surface area contributed by atoms with Crippen molar-refractivity contribution in [2.45, 2.75) is 39.2 Å². The molecule has 2 amide bonds. The first-order valence-electron chi connectivity index (χ1n) is 9.05. The fourth-order valence-electron chi connectivity index (χ4n) is 2.24. The Morgan fingerprint density at radius 1 is 1.11 bits per heavy atom. The van der Waals surface area contributed by atoms with E-state index in [1.807, 2.05) is 0 Å². The fraction of sp³-hybridized carbons (Fsp3) is 0.526. The first-order chi connectivity index (χ1) is 13.2. The van der Waals surface area contributed by atoms with Crippen LogP contribution in [0.5, 0.6) is 11.5 Å². The molecular formula is C19H26N2O7. The minimum absolute atomic E-state index is 0.0531. The highest BCUT2D eigenvalue weighted by Crippen LogP contribution is 2.32. The number of anilines is 1. The molecular weight excluding hydrogens is 368 g/mol. The number of esters is 1. The molecule has 0 aromatic heterocycles. The number of carbonyl (C=O) groups is 3. The largest absolute Gasteiger partial charge is 0.490 e. The molecule has 0 bridgehead atoms. The van der Waals surface area contributed by atoms with Gasteiger partial charge >= 0.3 is 12.1 Å². The van der Waals surface area contributed by atoms with Crippen LogP contribution < -0.4 is 20.1 Å². The minimum Gasteiger partial charge on any atom is -0.490 e. The minimum atomic E-state index is -0.618. The van der Waals surface area contributed by atoms with Crippen molar-refractivity contribution < 1.29 is 33.3 Å². The highest BCUT2D eigenvalue weighted by Gasteiger charge is 2.16. The Kier molecular flexibility index (Phi) is 7.48. The number of ether oxygens (including phenoxy) is 4. The quantitative estimate of drug-likeness (QED) is 0.712. The number of benzene rings is 1. The smallest absolute Gasteiger partial charge is 0.407 e. The van der Waals surface area contributed by atoms with Gasteiger partial charge in [0.25, 0.3) is 5.91 Å². The fourth-order valence-corrected chi connectivity index (χ4v) is 2.24. The van der Waals surface area contributed by atoms with Crippen LogP contribution in [0.4, 0.5) is 10.5 Å². The second kappa shape index (κ2) is 9.82. The van der Waals surface area contributed by atoms with Crippen LogP contribution in [0, 0.1) is 0 Å². The van der Waals surface area contributed by atoms with Crippen LogP contribution in [0.25, 0.3) is 0 Å². The van der Waals surface area contributed by atoms with Crippen molar-refractivity contribution in [1.29, 1.82) is 0 Å². The molecule has 1 aliphatic rings. The monoisotopic (exact) mass is 394 g/mol. The summed E-state index contributed by atoms with van der Waals surface area (Å²) in [7, 11) is 0. The molecule has 0 unspecified atom stereocenters. The van der Waals surface area contributed by atoms with Gasteiger partial charge in [0.1, 0.15) is 5.60 Å². The van der Waals surface area contributed by atoms with E-state index in [1.165, 1.54) is 0 Å². The second-order valence-electron chi connectivity index (χ2n) is 7.10. The highest BCUT2D eigenvalue weighted by molar-refractivity contribution is 5.93. The van der Waals surface area contributed by atoms with Crippen molar-refractivity contribution in [3.05, 3.63) is 18.2 Å². The van der Waals surface area contributed by atoms with E-state index in [1.54, 1.807) is 39.0 Å². The van der Waals surface area contributed by atoms with Crippen molar-refractivity contribution in [3.63, 3.8) is 0 Å². The lowest BCUT2D eigenvalue weighted by Gasteiger charge is -2.19. The third kappa shape index (κ3) is 7.73. The van der Waals surface area contributed by atoms with Crippen LogP contribution >= 0.6 is 0 Å². The molecule has 154 valence electrons. The molecule has 9 nitrogen and oxygen atoms in total. The summed E-state index contributed by atoms with van der Waals surface area (Å²) in [5, 5.41) is 5.07. The van der Waals surface area contributed by atoms with E-state index in [4.69, 9.17) is 18.9 Å². The predicted molar refractivity (Wildman–Crippen MR) is 100 cm³/mol. The third-order valence-corrected chi connectivity index (χ3v) is 3.39. The van der Waals surface area contributed by atoms with Gasteiger partial charge in [-0.25, -0.2) is 4.79 Å². The Hall–Kier alpha value is -2.97. The van der Waals surface area contributed by atoms with E-state index in [0.29, 0.717) is 30.4 Å². The summed E-state index contributed by atoms with van der Waals surface area (Å²) in [5.41, 5.74) is -0.104. The highest BCUT2D eigenvalue weighted by atomic mass is 16.6. The van der Waals surface area contributed by atoms with Crippen molar-refractivity contribution in [3.8, 4) is 11.5 Å². The van der Waals surface area contributed by atoms with Crippen molar-refractivity contribution in [2.24, 2.45) is 0 Å². The molecule has 1 aromatic carbocycles. The Balaban J connectivity index is 1.68. The van der Waals surface area contributed by atoms with Gasteiger partial charge in [-0.1, -0.05) is 0 Å². The molecule has 0 spiro atoms. The van der Waals surface area contributed by atoms with Crippen LogP contribution in [0.1, 0.15) is 33.6 Å². The Morgan fingerprint density at radius 3 is 2.54 bits per heavy atom. The Labute approximate surface area is 163 Å².